The number of H-pyrrole nitrogens is 1. The molecule has 5 heteroatoms. The predicted octanol–water partition coefficient (Wildman–Crippen LogP) is 1.92. The van der Waals surface area contributed by atoms with Gasteiger partial charge in [0, 0.05) is 17.8 Å². The Labute approximate surface area is 104 Å². The molecule has 96 valence electrons. The van der Waals surface area contributed by atoms with Gasteiger partial charge in [-0.25, -0.2) is 4.57 Å². The quantitative estimate of drug-likeness (QED) is 0.773. The van der Waals surface area contributed by atoms with E-state index in [0.717, 1.165) is 29.5 Å². The lowest BCUT2D eigenvalue weighted by atomic mass is 10.2. The zero-order chi connectivity index (χ0) is 13.1. The van der Waals surface area contributed by atoms with Crippen molar-refractivity contribution in [2.24, 2.45) is 0 Å². The van der Waals surface area contributed by atoms with E-state index in [0.29, 0.717) is 0 Å². The van der Waals surface area contributed by atoms with E-state index in [1.54, 1.807) is 12.1 Å². The minimum Gasteiger partial charge on any atom is -0.494 e. The van der Waals surface area contributed by atoms with Crippen LogP contribution in [0.5, 0.6) is 11.8 Å². The molecule has 0 radical (unpaired) electrons. The zero-order valence-electron chi connectivity index (χ0n) is 10.2. The first-order valence-electron chi connectivity index (χ1n) is 5.95. The average molecular weight is 248 g/mol. The van der Waals surface area contributed by atoms with E-state index in [2.05, 4.69) is 11.9 Å². The molecule has 0 aliphatic carbocycles. The van der Waals surface area contributed by atoms with E-state index >= 15 is 0 Å². The standard InChI is InChI=1S/C13H16N2O3/c1-2-3-4-9-5-6-10(13(18)14-9)15-11(16)7-8-12(15)17/h5-8,16-17H,2-4H2,1H3,(H,14,18). The Kier molecular flexibility index (Phi) is 3.41. The van der Waals surface area contributed by atoms with E-state index < -0.39 is 0 Å². The number of unbranched alkanes of at least 4 members (excludes halogenated alkanes) is 1. The van der Waals surface area contributed by atoms with Crippen LogP contribution in [-0.4, -0.2) is 19.8 Å². The molecular weight excluding hydrogens is 232 g/mol. The van der Waals surface area contributed by atoms with Gasteiger partial charge in [0.05, 0.1) is 0 Å². The highest BCUT2D eigenvalue weighted by molar-refractivity contribution is 5.40. The molecule has 5 nitrogen and oxygen atoms in total. The van der Waals surface area contributed by atoms with Gasteiger partial charge in [-0.3, -0.25) is 4.79 Å². The third kappa shape index (κ3) is 2.25. The van der Waals surface area contributed by atoms with Crippen LogP contribution in [0.4, 0.5) is 0 Å². The van der Waals surface area contributed by atoms with E-state index in [4.69, 9.17) is 0 Å². The minimum atomic E-state index is -0.328. The molecule has 0 saturated heterocycles. The molecule has 0 amide bonds. The SMILES string of the molecule is CCCCc1ccc(-n2c(O)ccc2O)c(=O)[nH]1. The summed E-state index contributed by atoms with van der Waals surface area (Å²) in [5.74, 6) is -0.335. The highest BCUT2D eigenvalue weighted by Crippen LogP contribution is 2.24. The van der Waals surface area contributed by atoms with Gasteiger partial charge in [0.15, 0.2) is 11.8 Å². The number of hydrogen-bond donors (Lipinski definition) is 3. The zero-order valence-corrected chi connectivity index (χ0v) is 10.2. The lowest BCUT2D eigenvalue weighted by Gasteiger charge is -2.07. The molecule has 0 aliphatic heterocycles. The molecule has 0 aromatic carbocycles. The first kappa shape index (κ1) is 12.3. The van der Waals surface area contributed by atoms with Gasteiger partial charge in [-0.15, -0.1) is 0 Å². The fourth-order valence-electron chi connectivity index (χ4n) is 1.86. The molecule has 2 aromatic rings. The van der Waals surface area contributed by atoms with E-state index in [9.17, 15) is 15.0 Å². The summed E-state index contributed by atoms with van der Waals surface area (Å²) in [5.41, 5.74) is 0.734. The van der Waals surface area contributed by atoms with E-state index in [1.807, 2.05) is 0 Å². The van der Waals surface area contributed by atoms with Crippen molar-refractivity contribution in [1.82, 2.24) is 9.55 Å². The number of aryl methyl sites for hydroxylation is 1. The molecule has 0 unspecified atom stereocenters. The molecular formula is C13H16N2O3. The van der Waals surface area contributed by atoms with Crippen LogP contribution in [0.15, 0.2) is 29.1 Å². The molecule has 3 N–H and O–H groups in total. The van der Waals surface area contributed by atoms with Crippen molar-refractivity contribution in [3.05, 3.63) is 40.3 Å². The third-order valence-corrected chi connectivity index (χ3v) is 2.83. The van der Waals surface area contributed by atoms with Crippen LogP contribution in [0, 0.1) is 0 Å². The molecule has 0 spiro atoms. The average Bonchev–Trinajstić information content (AvgIpc) is 2.67. The normalized spacial score (nSPS) is 10.7. The molecule has 2 aromatic heterocycles. The van der Waals surface area contributed by atoms with Crippen molar-refractivity contribution in [3.8, 4) is 17.4 Å². The van der Waals surface area contributed by atoms with Gasteiger partial charge < -0.3 is 15.2 Å². The Hall–Kier alpha value is -2.17. The molecule has 0 aliphatic rings. The van der Waals surface area contributed by atoms with Crippen molar-refractivity contribution >= 4 is 0 Å². The highest BCUT2D eigenvalue weighted by Gasteiger charge is 2.11. The van der Waals surface area contributed by atoms with Crippen molar-refractivity contribution < 1.29 is 10.2 Å². The molecule has 2 rings (SSSR count). The first-order valence-corrected chi connectivity index (χ1v) is 5.95. The predicted molar refractivity (Wildman–Crippen MR) is 68.3 cm³/mol. The molecule has 18 heavy (non-hydrogen) atoms. The summed E-state index contributed by atoms with van der Waals surface area (Å²) in [6.45, 7) is 2.09. The minimum absolute atomic E-state index is 0.167. The monoisotopic (exact) mass is 248 g/mol. The molecule has 0 bridgehead atoms. The Morgan fingerprint density at radius 1 is 1.17 bits per heavy atom. The van der Waals surface area contributed by atoms with Crippen molar-refractivity contribution in [2.75, 3.05) is 0 Å². The number of aromatic nitrogens is 2. The number of aromatic amines is 1. The van der Waals surface area contributed by atoms with Crippen LogP contribution in [0.1, 0.15) is 25.5 Å². The van der Waals surface area contributed by atoms with Gasteiger partial charge in [0.25, 0.3) is 5.56 Å². The molecule has 0 saturated carbocycles. The summed E-state index contributed by atoms with van der Waals surface area (Å²) in [7, 11) is 0. The maximum absolute atomic E-state index is 11.9. The van der Waals surface area contributed by atoms with Gasteiger partial charge in [0.2, 0.25) is 0 Å². The summed E-state index contributed by atoms with van der Waals surface area (Å²) in [6, 6.07) is 6.06. The van der Waals surface area contributed by atoms with Gasteiger partial charge >= 0.3 is 0 Å². The van der Waals surface area contributed by atoms with Crippen LogP contribution in [0.3, 0.4) is 0 Å². The number of rotatable bonds is 4. The number of nitrogens with one attached hydrogen (secondary N) is 1. The van der Waals surface area contributed by atoms with Crippen LogP contribution >= 0.6 is 0 Å². The van der Waals surface area contributed by atoms with Gasteiger partial charge in [-0.2, -0.15) is 0 Å². The van der Waals surface area contributed by atoms with Crippen LogP contribution < -0.4 is 5.56 Å². The lowest BCUT2D eigenvalue weighted by molar-refractivity contribution is 0.402. The fraction of sp³-hybridized carbons (Fsp3) is 0.308. The topological polar surface area (TPSA) is 78.2 Å². The Bertz CT molecular complexity index is 579. The third-order valence-electron chi connectivity index (χ3n) is 2.83. The maximum Gasteiger partial charge on any atom is 0.272 e. The molecule has 0 atom stereocenters. The molecule has 2 heterocycles. The largest absolute Gasteiger partial charge is 0.494 e. The summed E-state index contributed by atoms with van der Waals surface area (Å²) in [5, 5.41) is 19.1. The maximum atomic E-state index is 11.9. The first-order chi connectivity index (χ1) is 8.63. The summed E-state index contributed by atoms with van der Waals surface area (Å²) >= 11 is 0. The Morgan fingerprint density at radius 2 is 1.83 bits per heavy atom. The van der Waals surface area contributed by atoms with Gasteiger partial charge in [-0.05, 0) is 25.0 Å². The Balaban J connectivity index is 2.39. The second kappa shape index (κ2) is 5.00. The fourth-order valence-corrected chi connectivity index (χ4v) is 1.86. The number of nitrogens with zero attached hydrogens (tertiary/aromatic N) is 1. The number of hydrogen-bond acceptors (Lipinski definition) is 3. The van der Waals surface area contributed by atoms with Crippen molar-refractivity contribution in [3.63, 3.8) is 0 Å². The van der Waals surface area contributed by atoms with Crippen LogP contribution in [0.25, 0.3) is 5.69 Å². The Morgan fingerprint density at radius 3 is 2.39 bits per heavy atom. The number of aromatic hydroxyl groups is 2. The van der Waals surface area contributed by atoms with Gasteiger partial charge in [0.1, 0.15) is 5.69 Å². The second-order valence-electron chi connectivity index (χ2n) is 4.19. The van der Waals surface area contributed by atoms with Crippen molar-refractivity contribution in [2.45, 2.75) is 26.2 Å². The van der Waals surface area contributed by atoms with Gasteiger partial charge in [-0.1, -0.05) is 13.3 Å². The second-order valence-corrected chi connectivity index (χ2v) is 4.19. The van der Waals surface area contributed by atoms with Crippen LogP contribution in [0.2, 0.25) is 0 Å². The lowest BCUT2D eigenvalue weighted by Crippen LogP contribution is -2.15. The van der Waals surface area contributed by atoms with E-state index in [1.165, 1.54) is 12.1 Å². The smallest absolute Gasteiger partial charge is 0.272 e. The molecule has 0 fully saturated rings. The summed E-state index contributed by atoms with van der Waals surface area (Å²) < 4.78 is 1.10. The highest BCUT2D eigenvalue weighted by atomic mass is 16.3. The van der Waals surface area contributed by atoms with Crippen LogP contribution in [-0.2, 0) is 6.42 Å². The van der Waals surface area contributed by atoms with E-state index in [-0.39, 0.29) is 23.0 Å². The van der Waals surface area contributed by atoms with Crippen molar-refractivity contribution in [1.29, 1.82) is 0 Å². The number of pyridine rings is 1. The summed E-state index contributed by atoms with van der Waals surface area (Å²) in [6.07, 6.45) is 2.88. The summed E-state index contributed by atoms with van der Waals surface area (Å²) in [4.78, 5) is 14.7.